The van der Waals surface area contributed by atoms with Crippen molar-refractivity contribution < 1.29 is 9.53 Å². The van der Waals surface area contributed by atoms with Crippen molar-refractivity contribution in [1.29, 1.82) is 5.26 Å². The van der Waals surface area contributed by atoms with Crippen LogP contribution in [0, 0.1) is 11.3 Å². The molecule has 1 rings (SSSR count). The maximum Gasteiger partial charge on any atom is 0.256 e. The summed E-state index contributed by atoms with van der Waals surface area (Å²) in [5, 5.41) is 15.4. The van der Waals surface area contributed by atoms with Gasteiger partial charge in [0.1, 0.15) is 15.9 Å². The summed E-state index contributed by atoms with van der Waals surface area (Å²) in [6.45, 7) is 5.44. The minimum Gasteiger partial charge on any atom is -0.396 e. The molecule has 0 saturated carbocycles. The Labute approximate surface area is 129 Å². The number of ether oxygens (including phenoxy) is 1. The van der Waals surface area contributed by atoms with Gasteiger partial charge < -0.3 is 21.1 Å². The Morgan fingerprint density at radius 2 is 2.19 bits per heavy atom. The minimum atomic E-state index is -0.282. The fourth-order valence-corrected chi connectivity index (χ4v) is 2.69. The molecule has 4 N–H and O–H groups in total. The summed E-state index contributed by atoms with van der Waals surface area (Å²) in [5.41, 5.74) is 6.45. The highest BCUT2D eigenvalue weighted by Gasteiger charge is 2.20. The lowest BCUT2D eigenvalue weighted by Gasteiger charge is -2.09. The molecule has 116 valence electrons. The molecule has 0 aliphatic heterocycles. The number of unbranched alkanes of at least 4 members (excludes halogenated alkanes) is 1. The van der Waals surface area contributed by atoms with E-state index in [1.54, 1.807) is 7.05 Å². The van der Waals surface area contributed by atoms with Crippen molar-refractivity contribution in [3.05, 3.63) is 10.4 Å². The molecular weight excluding hydrogens is 288 g/mol. The van der Waals surface area contributed by atoms with Crippen LogP contribution in [0.25, 0.3) is 0 Å². The van der Waals surface area contributed by atoms with Crippen molar-refractivity contribution in [3.63, 3.8) is 0 Å². The van der Waals surface area contributed by atoms with Crippen molar-refractivity contribution in [3.8, 4) is 6.07 Å². The second-order valence-corrected chi connectivity index (χ2v) is 5.81. The first-order valence-electron chi connectivity index (χ1n) is 6.91. The van der Waals surface area contributed by atoms with Crippen LogP contribution >= 0.6 is 11.3 Å². The molecule has 0 aliphatic carbocycles. The van der Waals surface area contributed by atoms with Crippen LogP contribution in [-0.4, -0.2) is 32.2 Å². The van der Waals surface area contributed by atoms with E-state index in [0.29, 0.717) is 22.0 Å². The summed E-state index contributed by atoms with van der Waals surface area (Å²) in [4.78, 5) is 12.2. The number of hydrogen-bond acceptors (Lipinski definition) is 6. The molecule has 1 aromatic heterocycles. The van der Waals surface area contributed by atoms with Crippen LogP contribution in [0.5, 0.6) is 0 Å². The van der Waals surface area contributed by atoms with E-state index in [4.69, 9.17) is 15.7 Å². The Hall–Kier alpha value is -1.78. The molecule has 0 aromatic carbocycles. The highest BCUT2D eigenvalue weighted by molar-refractivity contribution is 7.17. The number of thiophene rings is 1. The first-order chi connectivity index (χ1) is 10.0. The number of nitrogens with zero attached hydrogens (tertiary/aromatic N) is 1. The van der Waals surface area contributed by atoms with Gasteiger partial charge in [0.25, 0.3) is 5.91 Å². The molecule has 7 heteroatoms. The molecule has 1 heterocycles. The van der Waals surface area contributed by atoms with Crippen LogP contribution in [0.4, 0.5) is 10.7 Å². The summed E-state index contributed by atoms with van der Waals surface area (Å²) < 4.78 is 5.46. The number of nitrogens with two attached hydrogens (primary N) is 1. The van der Waals surface area contributed by atoms with Gasteiger partial charge in [-0.15, -0.1) is 11.3 Å². The monoisotopic (exact) mass is 310 g/mol. The molecule has 0 atom stereocenters. The summed E-state index contributed by atoms with van der Waals surface area (Å²) in [7, 11) is 1.54. The summed E-state index contributed by atoms with van der Waals surface area (Å²) in [6, 6.07) is 2.01. The second kappa shape index (κ2) is 8.49. The van der Waals surface area contributed by atoms with Gasteiger partial charge in [-0.2, -0.15) is 5.26 Å². The largest absolute Gasteiger partial charge is 0.396 e. The van der Waals surface area contributed by atoms with Crippen molar-refractivity contribution in [2.24, 2.45) is 0 Å². The third-order valence-electron chi connectivity index (χ3n) is 2.81. The molecule has 0 saturated heterocycles. The average molecular weight is 310 g/mol. The lowest BCUT2D eigenvalue weighted by atomic mass is 10.2. The maximum atomic E-state index is 11.8. The number of anilines is 2. The molecule has 0 radical (unpaired) electrons. The minimum absolute atomic E-state index is 0.243. The van der Waals surface area contributed by atoms with Gasteiger partial charge in [-0.05, 0) is 26.7 Å². The van der Waals surface area contributed by atoms with Gasteiger partial charge in [0.2, 0.25) is 0 Å². The van der Waals surface area contributed by atoms with Gasteiger partial charge in [-0.25, -0.2) is 0 Å². The number of nitrogens with one attached hydrogen (secondary N) is 2. The van der Waals surface area contributed by atoms with Crippen LogP contribution in [-0.2, 0) is 4.74 Å². The fourth-order valence-electron chi connectivity index (χ4n) is 1.75. The van der Waals surface area contributed by atoms with E-state index in [1.165, 1.54) is 11.3 Å². The second-order valence-electron chi connectivity index (χ2n) is 4.79. The summed E-state index contributed by atoms with van der Waals surface area (Å²) in [6.07, 6.45) is 2.10. The quantitative estimate of drug-likeness (QED) is 0.639. The molecule has 0 fully saturated rings. The van der Waals surface area contributed by atoms with Gasteiger partial charge in [-0.3, -0.25) is 4.79 Å². The smallest absolute Gasteiger partial charge is 0.256 e. The van der Waals surface area contributed by atoms with E-state index < -0.39 is 0 Å². The zero-order valence-electron chi connectivity index (χ0n) is 12.7. The van der Waals surface area contributed by atoms with Gasteiger partial charge in [0, 0.05) is 20.2 Å². The molecule has 1 amide bonds. The van der Waals surface area contributed by atoms with Crippen molar-refractivity contribution in [2.45, 2.75) is 32.8 Å². The van der Waals surface area contributed by atoms with Gasteiger partial charge in [-0.1, -0.05) is 0 Å². The Kier molecular flexibility index (Phi) is 6.99. The van der Waals surface area contributed by atoms with Crippen LogP contribution in [0.2, 0.25) is 0 Å². The molecule has 0 bridgehead atoms. The van der Waals surface area contributed by atoms with E-state index in [-0.39, 0.29) is 17.7 Å². The van der Waals surface area contributed by atoms with Crippen LogP contribution in [0.3, 0.4) is 0 Å². The van der Waals surface area contributed by atoms with E-state index in [9.17, 15) is 4.79 Å². The molecule has 21 heavy (non-hydrogen) atoms. The Balaban J connectivity index is 2.58. The van der Waals surface area contributed by atoms with Crippen molar-refractivity contribution >= 4 is 27.9 Å². The fraction of sp³-hybridized carbons (Fsp3) is 0.571. The number of nitriles is 1. The van der Waals surface area contributed by atoms with Crippen molar-refractivity contribution in [2.75, 3.05) is 31.2 Å². The van der Waals surface area contributed by atoms with Gasteiger partial charge in [0.05, 0.1) is 17.4 Å². The Bertz CT molecular complexity index is 520. The number of nitrogen functional groups attached to an aromatic ring is 1. The van der Waals surface area contributed by atoms with E-state index in [0.717, 1.165) is 19.4 Å². The van der Waals surface area contributed by atoms with Crippen LogP contribution in [0.15, 0.2) is 0 Å². The first kappa shape index (κ1) is 17.3. The van der Waals surface area contributed by atoms with E-state index in [2.05, 4.69) is 10.6 Å². The van der Waals surface area contributed by atoms with Gasteiger partial charge in [0.15, 0.2) is 0 Å². The maximum absolute atomic E-state index is 11.8. The summed E-state index contributed by atoms with van der Waals surface area (Å²) >= 11 is 1.21. The Morgan fingerprint density at radius 1 is 1.48 bits per heavy atom. The molecule has 0 unspecified atom stereocenters. The average Bonchev–Trinajstić information content (AvgIpc) is 2.77. The molecule has 1 aromatic rings. The molecule has 0 aliphatic rings. The third kappa shape index (κ3) is 4.92. The lowest BCUT2D eigenvalue weighted by Crippen LogP contribution is -2.20. The molecule has 6 nitrogen and oxygen atoms in total. The standard InChI is InChI=1S/C14H22N4O2S/c1-9(2)20-7-5-4-6-18-14-11(13(19)17-3)12(16)10(8-15)21-14/h9,18H,4-7,16H2,1-3H3,(H,17,19). The predicted molar refractivity (Wildman–Crippen MR) is 85.6 cm³/mol. The van der Waals surface area contributed by atoms with E-state index >= 15 is 0 Å². The predicted octanol–water partition coefficient (Wildman–Crippen LogP) is 2.18. The zero-order chi connectivity index (χ0) is 15.8. The number of carbonyl (C=O) groups excluding carboxylic acids is 1. The number of amides is 1. The lowest BCUT2D eigenvalue weighted by molar-refractivity contribution is 0.0765. The first-order valence-corrected chi connectivity index (χ1v) is 7.72. The number of carbonyl (C=O) groups is 1. The number of rotatable bonds is 8. The number of hydrogen-bond donors (Lipinski definition) is 3. The van der Waals surface area contributed by atoms with Crippen LogP contribution in [0.1, 0.15) is 41.9 Å². The molecule has 0 spiro atoms. The zero-order valence-corrected chi connectivity index (χ0v) is 13.5. The topological polar surface area (TPSA) is 100 Å². The molecular formula is C14H22N4O2S. The summed E-state index contributed by atoms with van der Waals surface area (Å²) in [5.74, 6) is -0.282. The van der Waals surface area contributed by atoms with Crippen molar-refractivity contribution in [1.82, 2.24) is 5.32 Å². The highest BCUT2D eigenvalue weighted by Crippen LogP contribution is 2.35. The van der Waals surface area contributed by atoms with Gasteiger partial charge >= 0.3 is 0 Å². The SMILES string of the molecule is CNC(=O)c1c(NCCCCOC(C)C)sc(C#N)c1N. The van der Waals surface area contributed by atoms with E-state index in [1.807, 2.05) is 19.9 Å². The van der Waals surface area contributed by atoms with Crippen LogP contribution < -0.4 is 16.4 Å². The normalized spacial score (nSPS) is 10.4. The Morgan fingerprint density at radius 3 is 2.76 bits per heavy atom. The highest BCUT2D eigenvalue weighted by atomic mass is 32.1. The third-order valence-corrected chi connectivity index (χ3v) is 3.88.